The van der Waals surface area contributed by atoms with Gasteiger partial charge in [0.1, 0.15) is 0 Å². The lowest BCUT2D eigenvalue weighted by Crippen LogP contribution is -2.04. The van der Waals surface area contributed by atoms with Gasteiger partial charge >= 0.3 is 0 Å². The molecular formula is C21H22ClNO2S. The molecule has 3 aromatic rings. The number of hydrogen-bond acceptors (Lipinski definition) is 2. The predicted molar refractivity (Wildman–Crippen MR) is 108 cm³/mol. The van der Waals surface area contributed by atoms with E-state index in [4.69, 9.17) is 11.6 Å². The normalized spacial score (nSPS) is 16.1. The van der Waals surface area contributed by atoms with E-state index in [1.165, 1.54) is 24.7 Å². The third-order valence-corrected chi connectivity index (χ3v) is 6.33. The molecule has 1 aliphatic carbocycles. The Morgan fingerprint density at radius 2 is 1.96 bits per heavy atom. The summed E-state index contributed by atoms with van der Waals surface area (Å²) in [4.78, 5) is 3.34. The van der Waals surface area contributed by atoms with Gasteiger partial charge in [-0.15, -0.1) is 0 Å². The van der Waals surface area contributed by atoms with E-state index < -0.39 is 9.84 Å². The second kappa shape index (κ2) is 6.43. The van der Waals surface area contributed by atoms with E-state index in [2.05, 4.69) is 23.2 Å². The minimum atomic E-state index is -3.09. The minimum Gasteiger partial charge on any atom is -0.361 e. The zero-order chi connectivity index (χ0) is 18.5. The van der Waals surface area contributed by atoms with E-state index in [1.807, 2.05) is 31.3 Å². The lowest BCUT2D eigenvalue weighted by atomic mass is 9.86. The Balaban J connectivity index is 1.85. The van der Waals surface area contributed by atoms with Gasteiger partial charge in [0.05, 0.1) is 5.75 Å². The van der Waals surface area contributed by atoms with Crippen molar-refractivity contribution in [1.29, 1.82) is 0 Å². The summed E-state index contributed by atoms with van der Waals surface area (Å²) in [5.41, 5.74) is 5.27. The number of aromatic amines is 1. The molecule has 1 saturated carbocycles. The monoisotopic (exact) mass is 387 g/mol. The number of fused-ring (bicyclic) bond motifs is 1. The molecule has 3 nitrogen and oxygen atoms in total. The largest absolute Gasteiger partial charge is 0.361 e. The highest BCUT2D eigenvalue weighted by atomic mass is 35.5. The van der Waals surface area contributed by atoms with Gasteiger partial charge in [-0.2, -0.15) is 0 Å². The molecule has 1 aromatic heterocycles. The summed E-state index contributed by atoms with van der Waals surface area (Å²) in [6.45, 7) is 2.05. The van der Waals surface area contributed by atoms with E-state index in [0.29, 0.717) is 5.92 Å². The van der Waals surface area contributed by atoms with Gasteiger partial charge in [0.25, 0.3) is 0 Å². The lowest BCUT2D eigenvalue weighted by Gasteiger charge is -2.18. The van der Waals surface area contributed by atoms with Gasteiger partial charge < -0.3 is 4.98 Å². The fourth-order valence-electron chi connectivity index (χ4n) is 3.89. The van der Waals surface area contributed by atoms with Gasteiger partial charge in [-0.3, -0.25) is 0 Å². The lowest BCUT2D eigenvalue weighted by molar-refractivity contribution is 0.601. The van der Waals surface area contributed by atoms with Crippen LogP contribution in [0.3, 0.4) is 0 Å². The van der Waals surface area contributed by atoms with Crippen LogP contribution in [0.2, 0.25) is 5.02 Å². The van der Waals surface area contributed by atoms with Crippen LogP contribution in [0.25, 0.3) is 10.9 Å². The van der Waals surface area contributed by atoms with Crippen LogP contribution in [0.1, 0.15) is 41.0 Å². The van der Waals surface area contributed by atoms with Gasteiger partial charge in [0, 0.05) is 34.3 Å². The molecule has 0 spiro atoms. The van der Waals surface area contributed by atoms with Crippen LogP contribution < -0.4 is 0 Å². The summed E-state index contributed by atoms with van der Waals surface area (Å²) >= 11 is 6.59. The first kappa shape index (κ1) is 17.6. The molecule has 0 bridgehead atoms. The summed E-state index contributed by atoms with van der Waals surface area (Å²) in [6.07, 6.45) is 5.71. The Kier molecular flexibility index (Phi) is 4.36. The maximum Gasteiger partial charge on any atom is 0.151 e. The number of aromatic nitrogens is 1. The molecule has 1 N–H and O–H groups in total. The van der Waals surface area contributed by atoms with E-state index in [0.717, 1.165) is 32.6 Å². The molecule has 0 radical (unpaired) electrons. The number of hydrogen-bond donors (Lipinski definition) is 1. The Hall–Kier alpha value is -1.78. The molecule has 5 heteroatoms. The van der Waals surface area contributed by atoms with Crippen molar-refractivity contribution in [2.24, 2.45) is 5.92 Å². The minimum absolute atomic E-state index is 0.0453. The van der Waals surface area contributed by atoms with Gasteiger partial charge in [0.15, 0.2) is 9.84 Å². The third kappa shape index (κ3) is 3.40. The summed E-state index contributed by atoms with van der Waals surface area (Å²) in [6, 6.07) is 12.2. The molecular weight excluding hydrogens is 366 g/mol. The number of aryl methyl sites for hydroxylation is 1. The van der Waals surface area contributed by atoms with Crippen molar-refractivity contribution in [3.05, 3.63) is 69.9 Å². The first-order valence-corrected chi connectivity index (χ1v) is 11.3. The molecule has 2 aromatic carbocycles. The smallest absolute Gasteiger partial charge is 0.151 e. The third-order valence-electron chi connectivity index (χ3n) is 5.17. The van der Waals surface area contributed by atoms with Crippen LogP contribution in [0.5, 0.6) is 0 Å². The maximum absolute atomic E-state index is 11.8. The van der Waals surface area contributed by atoms with Crippen molar-refractivity contribution in [1.82, 2.24) is 4.98 Å². The molecule has 1 heterocycles. The standard InChI is InChI=1S/C21H22ClNO2S/c1-13-6-9-17(19(22)10-13)20(14-7-8-14)18-11-23-21-15(12-26(2,24)25)4-3-5-16(18)21/h3-6,9-11,14,20,23H,7-8,12H2,1-2H3. The predicted octanol–water partition coefficient (Wildman–Crippen LogP) is 5.22. The summed E-state index contributed by atoms with van der Waals surface area (Å²) in [5, 5.41) is 1.91. The first-order chi connectivity index (χ1) is 12.3. The van der Waals surface area contributed by atoms with Crippen molar-refractivity contribution in [3.8, 4) is 0 Å². The van der Waals surface area contributed by atoms with Gasteiger partial charge in [0.2, 0.25) is 0 Å². The summed E-state index contributed by atoms with van der Waals surface area (Å²) < 4.78 is 23.5. The van der Waals surface area contributed by atoms with Crippen LogP contribution in [-0.4, -0.2) is 19.7 Å². The molecule has 26 heavy (non-hydrogen) atoms. The van der Waals surface area contributed by atoms with Gasteiger partial charge in [-0.1, -0.05) is 41.9 Å². The van der Waals surface area contributed by atoms with Crippen LogP contribution in [0.15, 0.2) is 42.6 Å². The number of benzene rings is 2. The Bertz CT molecular complexity index is 1080. The Labute approximate surface area is 159 Å². The molecule has 0 saturated heterocycles. The van der Waals surface area contributed by atoms with E-state index in [-0.39, 0.29) is 11.7 Å². The second-order valence-electron chi connectivity index (χ2n) is 7.49. The zero-order valence-electron chi connectivity index (χ0n) is 14.9. The number of H-pyrrole nitrogens is 1. The molecule has 1 aliphatic rings. The molecule has 136 valence electrons. The number of rotatable bonds is 5. The second-order valence-corrected chi connectivity index (χ2v) is 10.0. The fraction of sp³-hybridized carbons (Fsp3) is 0.333. The van der Waals surface area contributed by atoms with Crippen molar-refractivity contribution in [2.75, 3.05) is 6.26 Å². The van der Waals surface area contributed by atoms with Crippen LogP contribution in [-0.2, 0) is 15.6 Å². The Morgan fingerprint density at radius 1 is 1.19 bits per heavy atom. The highest BCUT2D eigenvalue weighted by Gasteiger charge is 2.36. The molecule has 1 unspecified atom stereocenters. The van der Waals surface area contributed by atoms with Crippen LogP contribution >= 0.6 is 11.6 Å². The van der Waals surface area contributed by atoms with Crippen LogP contribution in [0, 0.1) is 12.8 Å². The highest BCUT2D eigenvalue weighted by molar-refractivity contribution is 7.89. The molecule has 1 fully saturated rings. The number of nitrogens with one attached hydrogen (secondary N) is 1. The zero-order valence-corrected chi connectivity index (χ0v) is 16.5. The highest BCUT2D eigenvalue weighted by Crippen LogP contribution is 2.49. The maximum atomic E-state index is 11.8. The average Bonchev–Trinajstić information content (AvgIpc) is 3.28. The Morgan fingerprint density at radius 3 is 2.62 bits per heavy atom. The summed E-state index contributed by atoms with van der Waals surface area (Å²) in [7, 11) is -3.09. The first-order valence-electron chi connectivity index (χ1n) is 8.86. The van der Waals surface area contributed by atoms with Crippen molar-refractivity contribution in [3.63, 3.8) is 0 Å². The van der Waals surface area contributed by atoms with Crippen molar-refractivity contribution in [2.45, 2.75) is 31.4 Å². The van der Waals surface area contributed by atoms with E-state index >= 15 is 0 Å². The number of para-hydroxylation sites is 1. The summed E-state index contributed by atoms with van der Waals surface area (Å²) in [5.74, 6) is 0.877. The molecule has 4 rings (SSSR count). The molecule has 1 atom stereocenters. The van der Waals surface area contributed by atoms with E-state index in [1.54, 1.807) is 0 Å². The van der Waals surface area contributed by atoms with Gasteiger partial charge in [-0.25, -0.2) is 8.42 Å². The average molecular weight is 388 g/mol. The van der Waals surface area contributed by atoms with Gasteiger partial charge in [-0.05, 0) is 54.0 Å². The molecule has 0 amide bonds. The van der Waals surface area contributed by atoms with E-state index in [9.17, 15) is 8.42 Å². The quantitative estimate of drug-likeness (QED) is 0.652. The number of sulfone groups is 1. The van der Waals surface area contributed by atoms with Crippen molar-refractivity contribution >= 4 is 32.3 Å². The topological polar surface area (TPSA) is 49.9 Å². The molecule has 0 aliphatic heterocycles. The fourth-order valence-corrected chi connectivity index (χ4v) is 5.05. The number of halogens is 1. The van der Waals surface area contributed by atoms with Crippen LogP contribution in [0.4, 0.5) is 0 Å². The SMILES string of the molecule is Cc1ccc(C(c2c[nH]c3c(CS(C)(=O)=O)cccc23)C2CC2)c(Cl)c1. The van der Waals surface area contributed by atoms with Crippen molar-refractivity contribution < 1.29 is 8.42 Å².